The Morgan fingerprint density at radius 2 is 1.96 bits per heavy atom. The van der Waals surface area contributed by atoms with Crippen molar-refractivity contribution in [2.24, 2.45) is 5.92 Å². The fourth-order valence-electron chi connectivity index (χ4n) is 3.13. The summed E-state index contributed by atoms with van der Waals surface area (Å²) < 4.78 is 5.16. The van der Waals surface area contributed by atoms with Crippen molar-refractivity contribution in [2.75, 3.05) is 33.8 Å². The molecule has 0 unspecified atom stereocenters. The number of hydrogen-bond acceptors (Lipinski definition) is 3. The number of carbonyl (C=O) groups excluding carboxylic acids is 1. The molecule has 1 aromatic carbocycles. The molecule has 0 radical (unpaired) electrons. The number of aryl methyl sites for hydroxylation is 1. The van der Waals surface area contributed by atoms with Crippen LogP contribution in [0.1, 0.15) is 37.7 Å². The van der Waals surface area contributed by atoms with Crippen LogP contribution in [0.4, 0.5) is 0 Å². The molecule has 4 nitrogen and oxygen atoms in total. The van der Waals surface area contributed by atoms with Gasteiger partial charge in [0.2, 0.25) is 5.91 Å². The third-order valence-electron chi connectivity index (χ3n) is 4.77. The molecule has 0 saturated carbocycles. The highest BCUT2D eigenvalue weighted by molar-refractivity contribution is 5.75. The van der Waals surface area contributed by atoms with Crippen LogP contribution in [0.3, 0.4) is 0 Å². The summed E-state index contributed by atoms with van der Waals surface area (Å²) in [5.74, 6) is 1.91. The van der Waals surface area contributed by atoms with E-state index in [-0.39, 0.29) is 0 Å². The maximum atomic E-state index is 12.2. The minimum Gasteiger partial charge on any atom is -0.497 e. The highest BCUT2D eigenvalue weighted by Gasteiger charge is 2.16. The highest BCUT2D eigenvalue weighted by Crippen LogP contribution is 2.18. The monoisotopic (exact) mass is 318 g/mol. The van der Waals surface area contributed by atoms with E-state index < -0.39 is 0 Å². The molecule has 0 atom stereocenters. The van der Waals surface area contributed by atoms with Gasteiger partial charge >= 0.3 is 0 Å². The van der Waals surface area contributed by atoms with Crippen LogP contribution in [0, 0.1) is 5.92 Å². The van der Waals surface area contributed by atoms with Gasteiger partial charge in [0.1, 0.15) is 5.75 Å². The zero-order valence-corrected chi connectivity index (χ0v) is 14.5. The van der Waals surface area contributed by atoms with Gasteiger partial charge in [0, 0.05) is 20.0 Å². The van der Waals surface area contributed by atoms with E-state index in [2.05, 4.69) is 17.4 Å². The van der Waals surface area contributed by atoms with Gasteiger partial charge in [-0.15, -0.1) is 0 Å². The topological polar surface area (TPSA) is 41.6 Å². The number of hydrogen-bond donors (Lipinski definition) is 1. The molecule has 4 heteroatoms. The Kier molecular flexibility index (Phi) is 7.40. The summed E-state index contributed by atoms with van der Waals surface area (Å²) in [6, 6.07) is 8.17. The Hall–Kier alpha value is -1.55. The molecule has 0 aliphatic carbocycles. The van der Waals surface area contributed by atoms with E-state index in [1.807, 2.05) is 24.1 Å². The number of amides is 1. The van der Waals surface area contributed by atoms with E-state index in [9.17, 15) is 4.79 Å². The third-order valence-corrected chi connectivity index (χ3v) is 4.77. The first-order valence-corrected chi connectivity index (χ1v) is 8.76. The van der Waals surface area contributed by atoms with Crippen LogP contribution in [0.25, 0.3) is 0 Å². The molecule has 1 aliphatic heterocycles. The number of piperidine rings is 1. The second-order valence-electron chi connectivity index (χ2n) is 6.50. The van der Waals surface area contributed by atoms with E-state index in [1.165, 1.54) is 18.4 Å². The molecule has 128 valence electrons. The molecule has 1 N–H and O–H groups in total. The van der Waals surface area contributed by atoms with Crippen molar-refractivity contribution in [2.45, 2.75) is 38.5 Å². The van der Waals surface area contributed by atoms with E-state index >= 15 is 0 Å². The van der Waals surface area contributed by atoms with Crippen molar-refractivity contribution in [3.63, 3.8) is 0 Å². The predicted molar refractivity (Wildman–Crippen MR) is 93.8 cm³/mol. The lowest BCUT2D eigenvalue weighted by Crippen LogP contribution is -2.31. The van der Waals surface area contributed by atoms with Crippen LogP contribution in [0.2, 0.25) is 0 Å². The number of carbonyl (C=O) groups is 1. The Balaban J connectivity index is 1.62. The van der Waals surface area contributed by atoms with Gasteiger partial charge in [-0.1, -0.05) is 12.1 Å². The van der Waals surface area contributed by atoms with Gasteiger partial charge in [-0.3, -0.25) is 4.79 Å². The first kappa shape index (κ1) is 17.8. The van der Waals surface area contributed by atoms with Crippen molar-refractivity contribution in [3.05, 3.63) is 29.8 Å². The first-order chi connectivity index (χ1) is 11.2. The molecular weight excluding hydrogens is 288 g/mol. The molecule has 1 amide bonds. The van der Waals surface area contributed by atoms with Crippen LogP contribution < -0.4 is 10.1 Å². The maximum absolute atomic E-state index is 12.2. The maximum Gasteiger partial charge on any atom is 0.222 e. The van der Waals surface area contributed by atoms with Gasteiger partial charge in [0.05, 0.1) is 7.11 Å². The lowest BCUT2D eigenvalue weighted by atomic mass is 9.93. The molecule has 0 spiro atoms. The second-order valence-corrected chi connectivity index (χ2v) is 6.50. The van der Waals surface area contributed by atoms with Crippen LogP contribution in [-0.4, -0.2) is 44.6 Å². The number of benzene rings is 1. The molecule has 0 aromatic heterocycles. The number of nitrogens with zero attached hydrogens (tertiary/aromatic N) is 1. The number of rotatable bonds is 8. The first-order valence-electron chi connectivity index (χ1n) is 8.76. The summed E-state index contributed by atoms with van der Waals surface area (Å²) in [4.78, 5) is 14.1. The molecular formula is C19H30N2O2. The molecule has 2 rings (SSSR count). The normalized spacial score (nSPS) is 15.4. The zero-order chi connectivity index (χ0) is 16.5. The zero-order valence-electron chi connectivity index (χ0n) is 14.5. The Bertz CT molecular complexity index is 467. The van der Waals surface area contributed by atoms with Gasteiger partial charge < -0.3 is 15.0 Å². The lowest BCUT2D eigenvalue weighted by molar-refractivity contribution is -0.130. The fraction of sp³-hybridized carbons (Fsp3) is 0.632. The van der Waals surface area contributed by atoms with Crippen molar-refractivity contribution in [1.82, 2.24) is 10.2 Å². The number of methoxy groups -OCH3 is 1. The standard InChI is InChI=1S/C19H30N2O2/c1-21(19(22)10-7-17-11-13-20-14-12-17)15-3-4-16-5-8-18(23-2)9-6-16/h5-6,8-9,17,20H,3-4,7,10-15H2,1-2H3. The molecule has 0 bridgehead atoms. The molecule has 1 aromatic rings. The number of nitrogens with one attached hydrogen (secondary N) is 1. The smallest absolute Gasteiger partial charge is 0.222 e. The number of ether oxygens (including phenoxy) is 1. The average molecular weight is 318 g/mol. The van der Waals surface area contributed by atoms with Crippen molar-refractivity contribution >= 4 is 5.91 Å². The van der Waals surface area contributed by atoms with Gasteiger partial charge in [-0.25, -0.2) is 0 Å². The van der Waals surface area contributed by atoms with E-state index in [0.29, 0.717) is 12.3 Å². The predicted octanol–water partition coefficient (Wildman–Crippen LogP) is 2.87. The SMILES string of the molecule is COc1ccc(CCCN(C)C(=O)CCC2CCNCC2)cc1. The van der Waals surface area contributed by atoms with Crippen molar-refractivity contribution < 1.29 is 9.53 Å². The average Bonchev–Trinajstić information content (AvgIpc) is 2.61. The Labute approximate surface area is 140 Å². The molecule has 1 saturated heterocycles. The van der Waals surface area contributed by atoms with E-state index in [4.69, 9.17) is 4.74 Å². The largest absolute Gasteiger partial charge is 0.497 e. The summed E-state index contributed by atoms with van der Waals surface area (Å²) in [5, 5.41) is 3.37. The Morgan fingerprint density at radius 3 is 2.61 bits per heavy atom. The minimum absolute atomic E-state index is 0.290. The molecule has 1 heterocycles. The fourth-order valence-corrected chi connectivity index (χ4v) is 3.13. The van der Waals surface area contributed by atoms with Crippen molar-refractivity contribution in [3.8, 4) is 5.75 Å². The van der Waals surface area contributed by atoms with Gasteiger partial charge in [-0.05, 0) is 68.8 Å². The van der Waals surface area contributed by atoms with Crippen LogP contribution >= 0.6 is 0 Å². The molecule has 1 aliphatic rings. The summed E-state index contributed by atoms with van der Waals surface area (Å²) in [7, 11) is 3.61. The Morgan fingerprint density at radius 1 is 1.26 bits per heavy atom. The summed E-state index contributed by atoms with van der Waals surface area (Å²) in [6.45, 7) is 3.05. The summed E-state index contributed by atoms with van der Waals surface area (Å²) >= 11 is 0. The van der Waals surface area contributed by atoms with Gasteiger partial charge in [0.15, 0.2) is 0 Å². The summed E-state index contributed by atoms with van der Waals surface area (Å²) in [6.07, 6.45) is 6.17. The highest BCUT2D eigenvalue weighted by atomic mass is 16.5. The summed E-state index contributed by atoms with van der Waals surface area (Å²) in [5.41, 5.74) is 1.29. The quantitative estimate of drug-likeness (QED) is 0.801. The van der Waals surface area contributed by atoms with Crippen LogP contribution in [0.5, 0.6) is 5.75 Å². The van der Waals surface area contributed by atoms with Gasteiger partial charge in [-0.2, -0.15) is 0 Å². The lowest BCUT2D eigenvalue weighted by Gasteiger charge is -2.23. The molecule has 23 heavy (non-hydrogen) atoms. The molecule has 1 fully saturated rings. The van der Waals surface area contributed by atoms with E-state index in [0.717, 1.165) is 50.6 Å². The van der Waals surface area contributed by atoms with Gasteiger partial charge in [0.25, 0.3) is 0 Å². The minimum atomic E-state index is 0.290. The van der Waals surface area contributed by atoms with Crippen molar-refractivity contribution in [1.29, 1.82) is 0 Å². The van der Waals surface area contributed by atoms with Crippen LogP contribution in [0.15, 0.2) is 24.3 Å². The van der Waals surface area contributed by atoms with Crippen LogP contribution in [-0.2, 0) is 11.2 Å². The van der Waals surface area contributed by atoms with E-state index in [1.54, 1.807) is 7.11 Å². The second kappa shape index (κ2) is 9.56. The third kappa shape index (κ3) is 6.22.